The van der Waals surface area contributed by atoms with Crippen LogP contribution in [-0.2, 0) is 27.8 Å². The number of oxime groups is 1. The van der Waals surface area contributed by atoms with Gasteiger partial charge in [0.05, 0.1) is 28.8 Å². The summed E-state index contributed by atoms with van der Waals surface area (Å²) < 4.78 is 29.1. The number of nitrogens with zero attached hydrogens (tertiary/aromatic N) is 5. The van der Waals surface area contributed by atoms with Crippen LogP contribution in [0.15, 0.2) is 101 Å². The highest BCUT2D eigenvalue weighted by Crippen LogP contribution is 2.25. The first-order valence-electron chi connectivity index (χ1n) is 18.1. The fourth-order valence-electron chi connectivity index (χ4n) is 6.74. The van der Waals surface area contributed by atoms with Crippen LogP contribution in [0, 0.1) is 11.8 Å². The number of carbonyl (C=O) groups is 2. The first-order chi connectivity index (χ1) is 25.4. The van der Waals surface area contributed by atoms with Crippen molar-refractivity contribution < 1.29 is 28.3 Å². The number of urea groups is 1. The Bertz CT molecular complexity index is 1970. The van der Waals surface area contributed by atoms with E-state index < -0.39 is 34.1 Å². The van der Waals surface area contributed by atoms with E-state index in [1.54, 1.807) is 16.0 Å². The number of pyridine rings is 1. The Balaban J connectivity index is 1.37. The van der Waals surface area contributed by atoms with Gasteiger partial charge in [-0.2, -0.15) is 4.31 Å². The second-order valence-electron chi connectivity index (χ2n) is 14.2. The van der Waals surface area contributed by atoms with Crippen molar-refractivity contribution in [2.75, 3.05) is 26.2 Å². The van der Waals surface area contributed by atoms with E-state index in [1.807, 2.05) is 88.4 Å². The number of benzene rings is 3. The monoisotopic (exact) mass is 742 g/mol. The molecule has 1 aromatic heterocycles. The van der Waals surface area contributed by atoms with Crippen LogP contribution in [-0.4, -0.2) is 100 Å². The minimum absolute atomic E-state index is 0.0259. The number of aliphatic hydroxyl groups excluding tert-OH is 1. The van der Waals surface area contributed by atoms with E-state index in [4.69, 9.17) is 5.21 Å². The molecule has 0 bridgehead atoms. The van der Waals surface area contributed by atoms with E-state index in [1.165, 1.54) is 34.8 Å². The van der Waals surface area contributed by atoms with E-state index in [2.05, 4.69) is 15.5 Å². The third-order valence-corrected chi connectivity index (χ3v) is 11.6. The summed E-state index contributed by atoms with van der Waals surface area (Å²) >= 11 is 0. The molecule has 0 unspecified atom stereocenters. The molecule has 0 radical (unpaired) electrons. The largest absolute Gasteiger partial charge is 0.411 e. The number of sulfonamides is 1. The van der Waals surface area contributed by atoms with Crippen molar-refractivity contribution in [2.24, 2.45) is 17.0 Å². The van der Waals surface area contributed by atoms with Gasteiger partial charge in [-0.15, -0.1) is 0 Å². The van der Waals surface area contributed by atoms with Crippen molar-refractivity contribution in [1.29, 1.82) is 0 Å². The zero-order chi connectivity index (χ0) is 38.1. The summed E-state index contributed by atoms with van der Waals surface area (Å²) in [5.41, 5.74) is 3.16. The molecule has 1 aliphatic heterocycles. The average molecular weight is 743 g/mol. The predicted molar refractivity (Wildman–Crippen MR) is 205 cm³/mol. The molecule has 0 aliphatic carbocycles. The smallest absolute Gasteiger partial charge is 0.321 e. The molecular weight excluding hydrogens is 693 g/mol. The van der Waals surface area contributed by atoms with Gasteiger partial charge in [-0.1, -0.05) is 99.9 Å². The standard InChI is InChI=1S/C40H50N6O6S/c1-5-29(4)38(46-21-20-44(40(46)49)26-32-13-16-33-12-9-19-41-35(33)23-32)39(48)43-36(22-30-10-7-6-8-11-30)37(47)27-45(25-28(2)3)53(51,52)34-17-14-31(15-18-34)24-42-50/h6-19,23-24,28-29,36-38,47,50H,5,20-22,25-27H2,1-4H3,(H,43,48)/b42-24+/t29-,36-,37+,38-/m0/s1. The maximum atomic E-state index is 14.4. The Morgan fingerprint density at radius 2 is 1.72 bits per heavy atom. The Hall–Kier alpha value is -4.85. The maximum Gasteiger partial charge on any atom is 0.321 e. The molecule has 3 aromatic carbocycles. The quantitative estimate of drug-likeness (QED) is 0.0770. The molecule has 0 spiro atoms. The number of rotatable bonds is 17. The van der Waals surface area contributed by atoms with Crippen LogP contribution in [0.25, 0.3) is 10.9 Å². The minimum atomic E-state index is -4.06. The summed E-state index contributed by atoms with van der Waals surface area (Å²) in [5, 5.41) is 27.8. The topological polar surface area (TPSA) is 156 Å². The van der Waals surface area contributed by atoms with E-state index in [0.717, 1.165) is 22.0 Å². The second kappa shape index (κ2) is 17.8. The zero-order valence-corrected chi connectivity index (χ0v) is 31.6. The van der Waals surface area contributed by atoms with Crippen LogP contribution in [0.2, 0.25) is 0 Å². The number of nitrogens with one attached hydrogen (secondary N) is 1. The van der Waals surface area contributed by atoms with Gasteiger partial charge in [0.25, 0.3) is 0 Å². The molecule has 2 heterocycles. The highest BCUT2D eigenvalue weighted by atomic mass is 32.2. The van der Waals surface area contributed by atoms with Gasteiger partial charge in [0.2, 0.25) is 15.9 Å². The van der Waals surface area contributed by atoms with Crippen LogP contribution >= 0.6 is 0 Å². The predicted octanol–water partition coefficient (Wildman–Crippen LogP) is 5.13. The van der Waals surface area contributed by atoms with Gasteiger partial charge in [-0.05, 0) is 59.2 Å². The molecule has 1 fully saturated rings. The third kappa shape index (κ3) is 9.78. The van der Waals surface area contributed by atoms with Crippen LogP contribution in [0.1, 0.15) is 50.8 Å². The number of hydrogen-bond acceptors (Lipinski definition) is 8. The van der Waals surface area contributed by atoms with Crippen LogP contribution in [0.5, 0.6) is 0 Å². The lowest BCUT2D eigenvalue weighted by molar-refractivity contribution is -0.128. The first-order valence-corrected chi connectivity index (χ1v) is 19.5. The number of hydrogen-bond donors (Lipinski definition) is 3. The Morgan fingerprint density at radius 3 is 2.40 bits per heavy atom. The van der Waals surface area contributed by atoms with Crippen molar-refractivity contribution in [2.45, 2.75) is 70.2 Å². The molecule has 1 saturated heterocycles. The second-order valence-corrected chi connectivity index (χ2v) is 16.1. The summed E-state index contributed by atoms with van der Waals surface area (Å²) in [5.74, 6) is -0.663. The Kier molecular flexibility index (Phi) is 13.2. The fraction of sp³-hybridized carbons (Fsp3) is 0.400. The number of fused-ring (bicyclic) bond motifs is 1. The lowest BCUT2D eigenvalue weighted by Crippen LogP contribution is -2.57. The summed E-state index contributed by atoms with van der Waals surface area (Å²) in [6, 6.07) is 23.2. The van der Waals surface area contributed by atoms with Crippen molar-refractivity contribution in [3.05, 3.63) is 108 Å². The van der Waals surface area contributed by atoms with Gasteiger partial charge >= 0.3 is 6.03 Å². The molecule has 0 saturated carbocycles. The number of aliphatic hydroxyl groups is 1. The van der Waals surface area contributed by atoms with Crippen molar-refractivity contribution in [3.63, 3.8) is 0 Å². The molecule has 13 heteroatoms. The minimum Gasteiger partial charge on any atom is -0.411 e. The van der Waals surface area contributed by atoms with E-state index >= 15 is 0 Å². The molecule has 12 nitrogen and oxygen atoms in total. The summed E-state index contributed by atoms with van der Waals surface area (Å²) in [4.78, 5) is 36.1. The van der Waals surface area contributed by atoms with Gasteiger partial charge in [0.1, 0.15) is 6.04 Å². The summed E-state index contributed by atoms with van der Waals surface area (Å²) in [7, 11) is -4.06. The van der Waals surface area contributed by atoms with Crippen molar-refractivity contribution in [1.82, 2.24) is 24.4 Å². The summed E-state index contributed by atoms with van der Waals surface area (Å²) in [6.07, 6.45) is 2.52. The van der Waals surface area contributed by atoms with Crippen molar-refractivity contribution in [3.8, 4) is 0 Å². The molecule has 3 amide bonds. The van der Waals surface area contributed by atoms with Gasteiger partial charge in [0, 0.05) is 44.3 Å². The van der Waals surface area contributed by atoms with Crippen LogP contribution in [0.4, 0.5) is 4.79 Å². The number of aromatic nitrogens is 1. The third-order valence-electron chi connectivity index (χ3n) is 9.73. The van der Waals surface area contributed by atoms with E-state index in [-0.39, 0.29) is 42.3 Å². The Morgan fingerprint density at radius 1 is 0.981 bits per heavy atom. The molecule has 53 heavy (non-hydrogen) atoms. The highest BCUT2D eigenvalue weighted by molar-refractivity contribution is 7.89. The molecular formula is C40H50N6O6S. The lowest BCUT2D eigenvalue weighted by Gasteiger charge is -2.35. The Labute approximate surface area is 312 Å². The SMILES string of the molecule is CC[C@H](C)[C@@H](C(=O)N[C@@H](Cc1ccccc1)[C@H](O)CN(CC(C)C)S(=O)(=O)c1ccc(/C=N/O)cc1)N1CCN(Cc2ccc3cccnc3c2)C1=O. The van der Waals surface area contributed by atoms with Crippen LogP contribution < -0.4 is 5.32 Å². The molecule has 3 N–H and O–H groups in total. The zero-order valence-electron chi connectivity index (χ0n) is 30.7. The normalized spacial score (nSPS) is 16.1. The molecule has 282 valence electrons. The number of carbonyl (C=O) groups excluding carboxylic acids is 2. The van der Waals surface area contributed by atoms with Gasteiger partial charge in [-0.3, -0.25) is 9.78 Å². The maximum absolute atomic E-state index is 14.4. The average Bonchev–Trinajstić information content (AvgIpc) is 3.49. The van der Waals surface area contributed by atoms with Gasteiger partial charge in [0.15, 0.2) is 0 Å². The van der Waals surface area contributed by atoms with Crippen molar-refractivity contribution >= 4 is 39.1 Å². The fourth-order valence-corrected chi connectivity index (χ4v) is 8.36. The summed E-state index contributed by atoms with van der Waals surface area (Å²) in [6.45, 7) is 8.74. The number of amides is 3. The molecule has 5 rings (SSSR count). The molecule has 4 atom stereocenters. The molecule has 1 aliphatic rings. The van der Waals surface area contributed by atoms with Crippen LogP contribution in [0.3, 0.4) is 0 Å². The van der Waals surface area contributed by atoms with Gasteiger partial charge in [-0.25, -0.2) is 13.2 Å². The van der Waals surface area contributed by atoms with E-state index in [9.17, 15) is 23.1 Å². The lowest BCUT2D eigenvalue weighted by atomic mass is 9.95. The van der Waals surface area contributed by atoms with Gasteiger partial charge < -0.3 is 25.4 Å². The first kappa shape index (κ1) is 39.4. The molecule has 4 aromatic rings. The van der Waals surface area contributed by atoms with E-state index in [0.29, 0.717) is 31.6 Å². The highest BCUT2D eigenvalue weighted by Gasteiger charge is 2.41.